The predicted molar refractivity (Wildman–Crippen MR) is 82.7 cm³/mol. The van der Waals surface area contributed by atoms with Crippen molar-refractivity contribution in [2.24, 2.45) is 10.1 Å². The Morgan fingerprint density at radius 1 is 0.923 bits per heavy atom. The third kappa shape index (κ3) is 3.00. The lowest BCUT2D eigenvalue weighted by Gasteiger charge is -2.10. The fourth-order valence-electron chi connectivity index (χ4n) is 2.28. The Kier molecular flexibility index (Phi) is 4.88. The van der Waals surface area contributed by atoms with Gasteiger partial charge < -0.3 is 9.57 Å². The van der Waals surface area contributed by atoms with Crippen LogP contribution < -0.4 is 0 Å². The molecule has 1 aliphatic rings. The third-order valence-corrected chi connectivity index (χ3v) is 3.52. The lowest BCUT2D eigenvalue weighted by atomic mass is 10.1. The van der Waals surface area contributed by atoms with Crippen LogP contribution in [0.1, 0.15) is 18.1 Å². The largest absolute Gasteiger partial charge is 0.471 e. The van der Waals surface area contributed by atoms with E-state index in [0.29, 0.717) is 11.3 Å². The molecule has 0 spiro atoms. The van der Waals surface area contributed by atoms with Crippen molar-refractivity contribution in [1.82, 2.24) is 0 Å². The summed E-state index contributed by atoms with van der Waals surface area (Å²) < 4.78 is 72.3. The SMILES string of the molecule is CCO/N=C1\C(OCc2c(F)c(F)c(F)c(F)c2F)=Nc2ccccc21. The fourth-order valence-corrected chi connectivity index (χ4v) is 2.28. The maximum atomic E-state index is 13.7. The quantitative estimate of drug-likeness (QED) is 0.347. The molecule has 0 aromatic heterocycles. The van der Waals surface area contributed by atoms with Crippen molar-refractivity contribution in [2.45, 2.75) is 13.5 Å². The molecule has 4 nitrogen and oxygen atoms in total. The molecule has 2 aromatic rings. The Bertz CT molecular complexity index is 899. The van der Waals surface area contributed by atoms with Crippen molar-refractivity contribution < 1.29 is 31.5 Å². The lowest BCUT2D eigenvalue weighted by Crippen LogP contribution is -2.17. The van der Waals surface area contributed by atoms with E-state index in [2.05, 4.69) is 10.1 Å². The van der Waals surface area contributed by atoms with E-state index in [1.807, 2.05) is 0 Å². The first kappa shape index (κ1) is 17.8. The van der Waals surface area contributed by atoms with Crippen molar-refractivity contribution in [3.05, 3.63) is 64.5 Å². The summed E-state index contributed by atoms with van der Waals surface area (Å²) in [6.45, 7) is 1.01. The number of hydrogen-bond acceptors (Lipinski definition) is 4. The Balaban J connectivity index is 1.91. The Morgan fingerprint density at radius 2 is 1.54 bits per heavy atom. The normalized spacial score (nSPS) is 14.4. The molecule has 3 rings (SSSR count). The molecule has 2 aromatic carbocycles. The number of rotatable bonds is 4. The van der Waals surface area contributed by atoms with Crippen LogP contribution in [-0.4, -0.2) is 18.2 Å². The number of ether oxygens (including phenoxy) is 1. The van der Waals surface area contributed by atoms with Gasteiger partial charge in [0.05, 0.1) is 11.3 Å². The molecule has 0 amide bonds. The highest BCUT2D eigenvalue weighted by Crippen LogP contribution is 2.29. The fraction of sp³-hybridized carbons (Fsp3) is 0.176. The summed E-state index contributed by atoms with van der Waals surface area (Å²) >= 11 is 0. The van der Waals surface area contributed by atoms with Crippen molar-refractivity contribution >= 4 is 17.3 Å². The van der Waals surface area contributed by atoms with Gasteiger partial charge >= 0.3 is 0 Å². The van der Waals surface area contributed by atoms with Gasteiger partial charge in [0.1, 0.15) is 13.2 Å². The zero-order valence-electron chi connectivity index (χ0n) is 13.3. The van der Waals surface area contributed by atoms with E-state index in [4.69, 9.17) is 9.57 Å². The van der Waals surface area contributed by atoms with Gasteiger partial charge in [-0.25, -0.2) is 26.9 Å². The summed E-state index contributed by atoms with van der Waals surface area (Å²) in [7, 11) is 0. The van der Waals surface area contributed by atoms with E-state index in [1.54, 1.807) is 31.2 Å². The molecule has 0 saturated heterocycles. The minimum Gasteiger partial charge on any atom is -0.471 e. The molecular formula is C17H11F5N2O2. The van der Waals surface area contributed by atoms with Gasteiger partial charge in [-0.05, 0) is 13.0 Å². The molecule has 136 valence electrons. The van der Waals surface area contributed by atoms with Crippen LogP contribution in [0.25, 0.3) is 0 Å². The van der Waals surface area contributed by atoms with Gasteiger partial charge in [-0.1, -0.05) is 23.4 Å². The van der Waals surface area contributed by atoms with Crippen LogP contribution in [0.5, 0.6) is 0 Å². The highest BCUT2D eigenvalue weighted by molar-refractivity contribution is 6.49. The van der Waals surface area contributed by atoms with Crippen LogP contribution in [0.2, 0.25) is 0 Å². The van der Waals surface area contributed by atoms with E-state index in [0.717, 1.165) is 0 Å². The van der Waals surface area contributed by atoms with Crippen LogP contribution in [0.3, 0.4) is 0 Å². The average Bonchev–Trinajstić information content (AvgIpc) is 3.00. The van der Waals surface area contributed by atoms with Crippen molar-refractivity contribution in [3.63, 3.8) is 0 Å². The topological polar surface area (TPSA) is 43.2 Å². The van der Waals surface area contributed by atoms with Gasteiger partial charge in [0.2, 0.25) is 11.7 Å². The monoisotopic (exact) mass is 370 g/mol. The molecule has 9 heteroatoms. The molecule has 0 radical (unpaired) electrons. The molecule has 0 unspecified atom stereocenters. The van der Waals surface area contributed by atoms with Crippen LogP contribution in [0.15, 0.2) is 34.4 Å². The second kappa shape index (κ2) is 7.11. The smallest absolute Gasteiger partial charge is 0.245 e. The van der Waals surface area contributed by atoms with Crippen LogP contribution in [-0.2, 0) is 16.2 Å². The molecule has 0 bridgehead atoms. The first-order chi connectivity index (χ1) is 12.5. The number of halogens is 5. The van der Waals surface area contributed by atoms with Crippen molar-refractivity contribution in [1.29, 1.82) is 0 Å². The number of oxime groups is 1. The number of benzene rings is 2. The van der Waals surface area contributed by atoms with E-state index >= 15 is 0 Å². The minimum atomic E-state index is -2.23. The summed E-state index contributed by atoms with van der Waals surface area (Å²) in [6.07, 6.45) is 0. The first-order valence-electron chi connectivity index (χ1n) is 7.47. The van der Waals surface area contributed by atoms with Gasteiger partial charge in [0.15, 0.2) is 29.0 Å². The van der Waals surface area contributed by atoms with Gasteiger partial charge in [-0.2, -0.15) is 0 Å². The van der Waals surface area contributed by atoms with E-state index in [9.17, 15) is 22.0 Å². The second-order valence-electron chi connectivity index (χ2n) is 5.13. The minimum absolute atomic E-state index is 0.149. The number of fused-ring (bicyclic) bond motifs is 1. The highest BCUT2D eigenvalue weighted by Gasteiger charge is 2.29. The molecule has 0 fully saturated rings. The Morgan fingerprint density at radius 3 is 2.19 bits per heavy atom. The molecule has 1 aliphatic heterocycles. The van der Waals surface area contributed by atoms with E-state index in [-0.39, 0.29) is 18.2 Å². The summed E-state index contributed by atoms with van der Waals surface area (Å²) in [5, 5.41) is 3.84. The first-order valence-corrected chi connectivity index (χ1v) is 7.47. The maximum Gasteiger partial charge on any atom is 0.245 e. The highest BCUT2D eigenvalue weighted by atomic mass is 19.2. The Hall–Kier alpha value is -2.97. The zero-order valence-corrected chi connectivity index (χ0v) is 13.3. The summed E-state index contributed by atoms with van der Waals surface area (Å²) in [4.78, 5) is 9.07. The van der Waals surface area contributed by atoms with Crippen LogP contribution in [0, 0.1) is 29.1 Å². The summed E-state index contributed by atoms with van der Waals surface area (Å²) in [6, 6.07) is 6.73. The molecule has 26 heavy (non-hydrogen) atoms. The third-order valence-electron chi connectivity index (χ3n) is 3.52. The lowest BCUT2D eigenvalue weighted by molar-refractivity contribution is 0.159. The zero-order chi connectivity index (χ0) is 18.8. The standard InChI is InChI=1S/C17H11F5N2O2/c1-2-26-24-16-8-5-3-4-6-10(8)23-17(16)25-7-9-11(18)13(20)15(22)14(21)12(9)19/h3-6H,2,7H2,1H3/b24-16-. The number of hydrogen-bond donors (Lipinski definition) is 0. The van der Waals surface area contributed by atoms with E-state index in [1.165, 1.54) is 0 Å². The summed E-state index contributed by atoms with van der Waals surface area (Å²) in [5.41, 5.74) is 0.0777. The van der Waals surface area contributed by atoms with Crippen LogP contribution >= 0.6 is 0 Å². The van der Waals surface area contributed by atoms with Crippen LogP contribution in [0.4, 0.5) is 27.6 Å². The van der Waals surface area contributed by atoms with Crippen molar-refractivity contribution in [2.75, 3.05) is 6.61 Å². The molecular weight excluding hydrogens is 359 g/mol. The number of nitrogens with zero attached hydrogens (tertiary/aromatic N) is 2. The van der Waals surface area contributed by atoms with Gasteiger partial charge in [0.25, 0.3) is 0 Å². The predicted octanol–water partition coefficient (Wildman–Crippen LogP) is 4.38. The van der Waals surface area contributed by atoms with Gasteiger partial charge in [-0.15, -0.1) is 0 Å². The second-order valence-corrected chi connectivity index (χ2v) is 5.13. The number of aliphatic imine (C=N–C) groups is 1. The van der Waals surface area contributed by atoms with Gasteiger partial charge in [-0.3, -0.25) is 0 Å². The molecule has 0 atom stereocenters. The molecule has 0 N–H and O–H groups in total. The summed E-state index contributed by atoms with van der Waals surface area (Å²) in [5.74, 6) is -10.4. The van der Waals surface area contributed by atoms with Crippen molar-refractivity contribution in [3.8, 4) is 0 Å². The maximum absolute atomic E-state index is 13.7. The van der Waals surface area contributed by atoms with Gasteiger partial charge in [0, 0.05) is 5.56 Å². The molecule has 0 aliphatic carbocycles. The molecule has 0 saturated carbocycles. The molecule has 1 heterocycles. The average molecular weight is 370 g/mol. The Labute approximate surface area is 144 Å². The van der Waals surface area contributed by atoms with E-state index < -0.39 is 41.3 Å². The number of para-hydroxylation sites is 1.